The van der Waals surface area contributed by atoms with E-state index < -0.39 is 0 Å². The first-order chi connectivity index (χ1) is 18.4. The summed E-state index contributed by atoms with van der Waals surface area (Å²) < 4.78 is 12.8. The summed E-state index contributed by atoms with van der Waals surface area (Å²) in [7, 11) is 8.75. The number of hydrogen-bond acceptors (Lipinski definition) is 2. The average Bonchev–Trinajstić information content (AvgIpc) is 2.89. The normalized spacial score (nSPS) is 13.7. The van der Waals surface area contributed by atoms with E-state index >= 15 is 0 Å². The molecule has 0 aliphatic rings. The molecule has 0 radical (unpaired) electrons. The minimum Gasteiger partial charge on any atom is -0.381 e. The Morgan fingerprint density at radius 2 is 0.895 bits per heavy atom. The topological polar surface area (TPSA) is 18.5 Å². The summed E-state index contributed by atoms with van der Waals surface area (Å²) in [5.74, 6) is 0.686. The van der Waals surface area contributed by atoms with Crippen molar-refractivity contribution in [3.05, 3.63) is 0 Å². The first-order valence-corrected chi connectivity index (χ1v) is 17.3. The molecule has 0 aromatic rings. The van der Waals surface area contributed by atoms with Crippen molar-refractivity contribution in [3.8, 4) is 0 Å². The van der Waals surface area contributed by atoms with E-state index in [1.165, 1.54) is 161 Å². The van der Waals surface area contributed by atoms with Crippen LogP contribution in [0, 0.1) is 5.92 Å². The lowest BCUT2D eigenvalue weighted by atomic mass is 9.91. The van der Waals surface area contributed by atoms with E-state index in [-0.39, 0.29) is 0 Å². The summed E-state index contributed by atoms with van der Waals surface area (Å²) in [5, 5.41) is 0. The third-order valence-corrected chi connectivity index (χ3v) is 8.45. The predicted octanol–water partition coefficient (Wildman–Crippen LogP) is 10.7. The fraction of sp³-hybridized carbons (Fsp3) is 1.00. The summed E-state index contributed by atoms with van der Waals surface area (Å²) in [5.41, 5.74) is 0. The third-order valence-electron chi connectivity index (χ3n) is 8.45. The van der Waals surface area contributed by atoms with E-state index in [0.29, 0.717) is 12.0 Å². The highest BCUT2D eigenvalue weighted by molar-refractivity contribution is 4.67. The number of ether oxygens (including phenoxy) is 2. The molecule has 0 N–H and O–H groups in total. The molecule has 0 fully saturated rings. The molecular weight excluding hydrogens is 466 g/mol. The van der Waals surface area contributed by atoms with Crippen molar-refractivity contribution in [2.24, 2.45) is 5.92 Å². The Balaban J connectivity index is 3.46. The van der Waals surface area contributed by atoms with Crippen molar-refractivity contribution >= 4 is 0 Å². The first kappa shape index (κ1) is 37.9. The molecule has 0 heterocycles. The average molecular weight is 541 g/mol. The summed E-state index contributed by atoms with van der Waals surface area (Å²) >= 11 is 0. The molecule has 230 valence electrons. The van der Waals surface area contributed by atoms with Crippen LogP contribution in [-0.4, -0.2) is 58.6 Å². The zero-order chi connectivity index (χ0) is 28.2. The van der Waals surface area contributed by atoms with Gasteiger partial charge in [0.1, 0.15) is 0 Å². The van der Waals surface area contributed by atoms with Gasteiger partial charge < -0.3 is 14.0 Å². The minimum atomic E-state index is 0.369. The van der Waals surface area contributed by atoms with E-state index in [4.69, 9.17) is 9.47 Å². The second-order valence-corrected chi connectivity index (χ2v) is 13.3. The van der Waals surface area contributed by atoms with Gasteiger partial charge in [0.2, 0.25) is 0 Å². The van der Waals surface area contributed by atoms with Gasteiger partial charge in [0.05, 0.1) is 33.8 Å². The van der Waals surface area contributed by atoms with Gasteiger partial charge in [-0.25, -0.2) is 0 Å². The molecule has 0 aromatic carbocycles. The quantitative estimate of drug-likeness (QED) is 0.0643. The van der Waals surface area contributed by atoms with Gasteiger partial charge in [-0.3, -0.25) is 0 Å². The molecule has 0 amide bonds. The SMILES string of the molecule is CCCCCCCCCCCCCCCCCCOCCCC(CCCCCCC[N+](C)(C)C)C(C)OC. The molecule has 0 rings (SSSR count). The Labute approximate surface area is 241 Å². The van der Waals surface area contributed by atoms with Crippen LogP contribution in [0.15, 0.2) is 0 Å². The summed E-state index contributed by atoms with van der Waals surface area (Å²) in [4.78, 5) is 0. The van der Waals surface area contributed by atoms with Gasteiger partial charge in [-0.2, -0.15) is 0 Å². The fourth-order valence-electron chi connectivity index (χ4n) is 5.63. The number of quaternary nitrogens is 1. The van der Waals surface area contributed by atoms with E-state index in [9.17, 15) is 0 Å². The zero-order valence-corrected chi connectivity index (χ0v) is 27.5. The molecule has 2 atom stereocenters. The number of rotatable bonds is 31. The maximum Gasteiger partial charge on any atom is 0.0780 e. The van der Waals surface area contributed by atoms with E-state index in [1.807, 2.05) is 7.11 Å². The van der Waals surface area contributed by atoms with Gasteiger partial charge >= 0.3 is 0 Å². The highest BCUT2D eigenvalue weighted by Gasteiger charge is 2.16. The lowest BCUT2D eigenvalue weighted by Crippen LogP contribution is -2.35. The van der Waals surface area contributed by atoms with Crippen LogP contribution in [0.1, 0.15) is 168 Å². The van der Waals surface area contributed by atoms with Crippen molar-refractivity contribution in [3.63, 3.8) is 0 Å². The van der Waals surface area contributed by atoms with Crippen LogP contribution in [0.2, 0.25) is 0 Å². The number of methoxy groups -OCH3 is 1. The molecule has 0 aliphatic heterocycles. The highest BCUT2D eigenvalue weighted by Crippen LogP contribution is 2.22. The molecule has 0 aromatic heterocycles. The second-order valence-electron chi connectivity index (χ2n) is 13.3. The smallest absolute Gasteiger partial charge is 0.0780 e. The van der Waals surface area contributed by atoms with Gasteiger partial charge in [-0.1, -0.05) is 122 Å². The first-order valence-electron chi connectivity index (χ1n) is 17.3. The summed E-state index contributed by atoms with van der Waals surface area (Å²) in [6, 6.07) is 0. The number of hydrogen-bond donors (Lipinski definition) is 0. The zero-order valence-electron chi connectivity index (χ0n) is 27.5. The van der Waals surface area contributed by atoms with Crippen molar-refractivity contribution in [1.29, 1.82) is 0 Å². The largest absolute Gasteiger partial charge is 0.381 e. The second kappa shape index (κ2) is 28.4. The van der Waals surface area contributed by atoms with Crippen LogP contribution >= 0.6 is 0 Å². The van der Waals surface area contributed by atoms with Gasteiger partial charge in [-0.05, 0) is 51.4 Å². The predicted molar refractivity (Wildman–Crippen MR) is 170 cm³/mol. The molecule has 38 heavy (non-hydrogen) atoms. The Hall–Kier alpha value is -0.120. The maximum absolute atomic E-state index is 5.97. The number of unbranched alkanes of at least 4 members (excludes halogenated alkanes) is 19. The van der Waals surface area contributed by atoms with Crippen LogP contribution in [0.4, 0.5) is 0 Å². The van der Waals surface area contributed by atoms with Crippen molar-refractivity contribution in [2.75, 3.05) is 48.0 Å². The number of nitrogens with zero attached hydrogens (tertiary/aromatic N) is 1. The third kappa shape index (κ3) is 28.9. The summed E-state index contributed by atoms with van der Waals surface area (Å²) in [6.07, 6.45) is 33.7. The Morgan fingerprint density at radius 1 is 0.500 bits per heavy atom. The van der Waals surface area contributed by atoms with Gasteiger partial charge in [0.25, 0.3) is 0 Å². The van der Waals surface area contributed by atoms with Crippen LogP contribution in [0.25, 0.3) is 0 Å². The molecule has 0 aliphatic carbocycles. The van der Waals surface area contributed by atoms with Crippen molar-refractivity contribution < 1.29 is 14.0 Å². The van der Waals surface area contributed by atoms with Crippen LogP contribution in [-0.2, 0) is 9.47 Å². The fourth-order valence-corrected chi connectivity index (χ4v) is 5.63. The Bertz CT molecular complexity index is 448. The van der Waals surface area contributed by atoms with Gasteiger partial charge in [0.15, 0.2) is 0 Å². The van der Waals surface area contributed by atoms with E-state index in [1.54, 1.807) is 0 Å². The maximum atomic E-state index is 5.97. The lowest BCUT2D eigenvalue weighted by Gasteiger charge is -2.24. The van der Waals surface area contributed by atoms with Crippen molar-refractivity contribution in [1.82, 2.24) is 0 Å². The van der Waals surface area contributed by atoms with Crippen LogP contribution < -0.4 is 0 Å². The van der Waals surface area contributed by atoms with Crippen molar-refractivity contribution in [2.45, 2.75) is 174 Å². The van der Waals surface area contributed by atoms with Gasteiger partial charge in [-0.15, -0.1) is 0 Å². The summed E-state index contributed by atoms with van der Waals surface area (Å²) in [6.45, 7) is 7.73. The van der Waals surface area contributed by atoms with Crippen LogP contribution in [0.5, 0.6) is 0 Å². The van der Waals surface area contributed by atoms with Gasteiger partial charge in [0, 0.05) is 20.3 Å². The molecule has 0 bridgehead atoms. The molecular formula is C35H74NO2+. The Morgan fingerprint density at radius 3 is 1.37 bits per heavy atom. The van der Waals surface area contributed by atoms with E-state index in [0.717, 1.165) is 17.7 Å². The molecule has 3 nitrogen and oxygen atoms in total. The van der Waals surface area contributed by atoms with E-state index in [2.05, 4.69) is 35.0 Å². The monoisotopic (exact) mass is 541 g/mol. The minimum absolute atomic E-state index is 0.369. The molecule has 2 unspecified atom stereocenters. The molecule has 3 heteroatoms. The lowest BCUT2D eigenvalue weighted by molar-refractivity contribution is -0.870. The standard InChI is InChI=1S/C35H74NO2/c1-7-8-9-10-11-12-13-14-15-16-17-18-19-20-24-27-32-38-33-28-30-35(34(2)37-6)29-25-22-21-23-26-31-36(3,4)5/h34-35H,7-33H2,1-6H3/q+1. The molecule has 0 saturated heterocycles. The van der Waals surface area contributed by atoms with Crippen LogP contribution in [0.3, 0.4) is 0 Å². The molecule has 0 saturated carbocycles. The highest BCUT2D eigenvalue weighted by atomic mass is 16.5. The molecule has 0 spiro atoms. The Kier molecular flexibility index (Phi) is 28.3.